The summed E-state index contributed by atoms with van der Waals surface area (Å²) in [6, 6.07) is 10.2. The van der Waals surface area contributed by atoms with Crippen LogP contribution in [-0.2, 0) is 11.0 Å². The van der Waals surface area contributed by atoms with Crippen molar-refractivity contribution in [1.29, 1.82) is 0 Å². The fourth-order valence-corrected chi connectivity index (χ4v) is 4.31. The number of benzene rings is 1. The number of hydrogen-bond donors (Lipinski definition) is 2. The molecule has 2 aromatic heterocycles. The molecule has 0 radical (unpaired) electrons. The summed E-state index contributed by atoms with van der Waals surface area (Å²) in [4.78, 5) is 26.2. The summed E-state index contributed by atoms with van der Waals surface area (Å²) >= 11 is 0. The van der Waals surface area contributed by atoms with E-state index in [0.29, 0.717) is 12.2 Å². The normalized spacial score (nSPS) is 23.7. The van der Waals surface area contributed by atoms with Crippen LogP contribution in [0.4, 0.5) is 18.9 Å². The first-order chi connectivity index (χ1) is 14.9. The van der Waals surface area contributed by atoms with Crippen molar-refractivity contribution in [1.82, 2.24) is 20.3 Å². The second-order valence-corrected chi connectivity index (χ2v) is 8.28. The molecule has 1 amide bonds. The van der Waals surface area contributed by atoms with Crippen LogP contribution >= 0.6 is 0 Å². The summed E-state index contributed by atoms with van der Waals surface area (Å²) in [5.41, 5.74) is 1.61. The number of aromatic amines is 1. The van der Waals surface area contributed by atoms with Crippen molar-refractivity contribution in [3.63, 3.8) is 0 Å². The highest BCUT2D eigenvalue weighted by atomic mass is 19.4. The maximum Gasteiger partial charge on any atom is 0.433 e. The standard InChI is InChI=1S/C22H22F3N5O/c23-22(24,25)19-8-7-14(11-26-19)30-9-3-4-13(12-30)27-21(31)16-10-15(16)20-28-17-5-1-2-6-18(17)29-20/h1-2,5-8,11,13,15-16H,3-4,9-10,12H2,(H,27,31)(H,28,29). The first-order valence-electron chi connectivity index (χ1n) is 10.4. The molecule has 3 aromatic rings. The molecule has 162 valence electrons. The number of halogens is 3. The Hall–Kier alpha value is -3.10. The number of para-hydroxylation sites is 2. The van der Waals surface area contributed by atoms with Gasteiger partial charge in [0.15, 0.2) is 0 Å². The monoisotopic (exact) mass is 429 g/mol. The largest absolute Gasteiger partial charge is 0.433 e. The summed E-state index contributed by atoms with van der Waals surface area (Å²) in [5.74, 6) is 0.875. The topological polar surface area (TPSA) is 73.9 Å². The van der Waals surface area contributed by atoms with Crippen LogP contribution in [0.3, 0.4) is 0 Å². The number of alkyl halides is 3. The molecular weight excluding hydrogens is 407 g/mol. The Balaban J connectivity index is 1.19. The average molecular weight is 429 g/mol. The Morgan fingerprint density at radius 3 is 2.77 bits per heavy atom. The van der Waals surface area contributed by atoms with E-state index in [0.717, 1.165) is 48.7 Å². The quantitative estimate of drug-likeness (QED) is 0.661. The molecule has 9 heteroatoms. The van der Waals surface area contributed by atoms with Gasteiger partial charge in [0.05, 0.1) is 22.9 Å². The summed E-state index contributed by atoms with van der Waals surface area (Å²) in [6.45, 7) is 1.28. The van der Waals surface area contributed by atoms with Crippen molar-refractivity contribution < 1.29 is 18.0 Å². The number of fused-ring (bicyclic) bond motifs is 1. The molecule has 3 unspecified atom stereocenters. The Bertz CT molecular complexity index is 1060. The predicted octanol–water partition coefficient (Wildman–Crippen LogP) is 3.87. The van der Waals surface area contributed by atoms with E-state index in [9.17, 15) is 18.0 Å². The summed E-state index contributed by atoms with van der Waals surface area (Å²) in [6.07, 6.45) is -0.726. The molecule has 6 nitrogen and oxygen atoms in total. The fourth-order valence-electron chi connectivity index (χ4n) is 4.31. The average Bonchev–Trinajstić information content (AvgIpc) is 3.45. The number of nitrogens with one attached hydrogen (secondary N) is 2. The molecule has 1 aliphatic heterocycles. The Kier molecular flexibility index (Phi) is 4.83. The molecule has 3 atom stereocenters. The van der Waals surface area contributed by atoms with E-state index >= 15 is 0 Å². The van der Waals surface area contributed by atoms with Crippen molar-refractivity contribution in [3.8, 4) is 0 Å². The van der Waals surface area contributed by atoms with Gasteiger partial charge < -0.3 is 15.2 Å². The number of pyridine rings is 1. The number of carbonyl (C=O) groups excluding carboxylic acids is 1. The van der Waals surface area contributed by atoms with Crippen molar-refractivity contribution >= 4 is 22.6 Å². The number of nitrogens with zero attached hydrogens (tertiary/aromatic N) is 3. The number of rotatable bonds is 4. The van der Waals surface area contributed by atoms with Crippen molar-refractivity contribution in [3.05, 3.63) is 54.1 Å². The number of imidazole rings is 1. The number of piperidine rings is 1. The predicted molar refractivity (Wildman–Crippen MR) is 110 cm³/mol. The zero-order chi connectivity index (χ0) is 21.6. The van der Waals surface area contributed by atoms with E-state index in [2.05, 4.69) is 20.3 Å². The Morgan fingerprint density at radius 2 is 2.03 bits per heavy atom. The third kappa shape index (κ3) is 4.08. The molecule has 2 N–H and O–H groups in total. The van der Waals surface area contributed by atoms with Gasteiger partial charge >= 0.3 is 6.18 Å². The lowest BCUT2D eigenvalue weighted by Crippen LogP contribution is -2.48. The SMILES string of the molecule is O=C(NC1CCCN(c2ccc(C(F)(F)F)nc2)C1)C1CC1c1nc2ccccc2[nH]1. The molecule has 3 heterocycles. The lowest BCUT2D eigenvalue weighted by atomic mass is 10.0. The van der Waals surface area contributed by atoms with E-state index in [1.807, 2.05) is 29.2 Å². The minimum atomic E-state index is -4.45. The molecular formula is C22H22F3N5O. The second kappa shape index (κ2) is 7.55. The maximum atomic E-state index is 12.8. The first-order valence-corrected chi connectivity index (χ1v) is 10.4. The molecule has 0 bridgehead atoms. The van der Waals surface area contributed by atoms with E-state index in [1.165, 1.54) is 12.3 Å². The molecule has 0 spiro atoms. The number of carbonyl (C=O) groups is 1. The minimum Gasteiger partial charge on any atom is -0.368 e. The van der Waals surface area contributed by atoms with Crippen molar-refractivity contribution in [2.45, 2.75) is 37.4 Å². The van der Waals surface area contributed by atoms with Crippen LogP contribution in [-0.4, -0.2) is 40.0 Å². The van der Waals surface area contributed by atoms with Gasteiger partial charge in [-0.25, -0.2) is 9.97 Å². The molecule has 2 fully saturated rings. The zero-order valence-electron chi connectivity index (χ0n) is 16.7. The molecule has 1 aromatic carbocycles. The van der Waals surface area contributed by atoms with Crippen LogP contribution in [0.2, 0.25) is 0 Å². The number of aromatic nitrogens is 3. The lowest BCUT2D eigenvalue weighted by molar-refractivity contribution is -0.141. The van der Waals surface area contributed by atoms with Crippen molar-refractivity contribution in [2.75, 3.05) is 18.0 Å². The van der Waals surface area contributed by atoms with Crippen LogP contribution in [0, 0.1) is 5.92 Å². The fraction of sp³-hybridized carbons (Fsp3) is 0.409. The van der Waals surface area contributed by atoms with Crippen molar-refractivity contribution in [2.24, 2.45) is 5.92 Å². The number of anilines is 1. The van der Waals surface area contributed by atoms with E-state index in [-0.39, 0.29) is 23.8 Å². The summed E-state index contributed by atoms with van der Waals surface area (Å²) in [5, 5.41) is 3.13. The van der Waals surface area contributed by atoms with Gasteiger partial charge in [0, 0.05) is 31.0 Å². The van der Waals surface area contributed by atoms with Gasteiger partial charge in [-0.05, 0) is 43.5 Å². The number of H-pyrrole nitrogens is 1. The van der Waals surface area contributed by atoms with Gasteiger partial charge in [-0.2, -0.15) is 13.2 Å². The molecule has 1 saturated carbocycles. The van der Waals surface area contributed by atoms with Gasteiger partial charge in [-0.1, -0.05) is 12.1 Å². The number of hydrogen-bond acceptors (Lipinski definition) is 4. The van der Waals surface area contributed by atoms with E-state index in [1.54, 1.807) is 0 Å². The highest BCUT2D eigenvalue weighted by molar-refractivity contribution is 5.83. The maximum absolute atomic E-state index is 12.8. The van der Waals surface area contributed by atoms with Gasteiger partial charge in [0.1, 0.15) is 11.5 Å². The smallest absolute Gasteiger partial charge is 0.368 e. The molecule has 1 aliphatic carbocycles. The van der Waals surface area contributed by atoms with Gasteiger partial charge in [0.2, 0.25) is 5.91 Å². The molecule has 2 aliphatic rings. The van der Waals surface area contributed by atoms with Crippen LogP contribution in [0.15, 0.2) is 42.6 Å². The Morgan fingerprint density at radius 1 is 1.19 bits per heavy atom. The minimum absolute atomic E-state index is 0.0165. The summed E-state index contributed by atoms with van der Waals surface area (Å²) < 4.78 is 38.2. The number of amides is 1. The third-order valence-electron chi connectivity index (χ3n) is 6.06. The van der Waals surface area contributed by atoms with Crippen LogP contribution in [0.5, 0.6) is 0 Å². The van der Waals surface area contributed by atoms with E-state index in [4.69, 9.17) is 0 Å². The van der Waals surface area contributed by atoms with Gasteiger partial charge in [-0.3, -0.25) is 4.79 Å². The third-order valence-corrected chi connectivity index (χ3v) is 6.06. The molecule has 1 saturated heterocycles. The summed E-state index contributed by atoms with van der Waals surface area (Å²) in [7, 11) is 0. The highest BCUT2D eigenvalue weighted by Gasteiger charge is 2.46. The lowest BCUT2D eigenvalue weighted by Gasteiger charge is -2.34. The van der Waals surface area contributed by atoms with E-state index < -0.39 is 11.9 Å². The highest BCUT2D eigenvalue weighted by Crippen LogP contribution is 2.46. The Labute approximate surface area is 176 Å². The molecule has 31 heavy (non-hydrogen) atoms. The van der Waals surface area contributed by atoms with Gasteiger partial charge in [-0.15, -0.1) is 0 Å². The van der Waals surface area contributed by atoms with Crippen LogP contribution in [0.1, 0.15) is 36.7 Å². The van der Waals surface area contributed by atoms with Gasteiger partial charge in [0.25, 0.3) is 0 Å². The first kappa shape index (κ1) is 19.8. The zero-order valence-corrected chi connectivity index (χ0v) is 16.7. The second-order valence-electron chi connectivity index (χ2n) is 8.28. The molecule has 5 rings (SSSR count). The van der Waals surface area contributed by atoms with Crippen LogP contribution in [0.25, 0.3) is 11.0 Å². The van der Waals surface area contributed by atoms with Crippen LogP contribution < -0.4 is 10.2 Å².